The number of hydrogen-bond donors (Lipinski definition) is 0. The van der Waals surface area contributed by atoms with Gasteiger partial charge < -0.3 is 32.6 Å². The molecule has 10 nitrogen and oxygen atoms in total. The molecule has 0 radical (unpaired) electrons. The van der Waals surface area contributed by atoms with Crippen molar-refractivity contribution in [3.63, 3.8) is 0 Å². The summed E-state index contributed by atoms with van der Waals surface area (Å²) in [6.45, 7) is 4.01. The molecule has 3 unspecified atom stereocenters. The van der Waals surface area contributed by atoms with Gasteiger partial charge in [-0.1, -0.05) is 158 Å². The van der Waals surface area contributed by atoms with Crippen molar-refractivity contribution in [1.82, 2.24) is 0 Å². The maximum atomic E-state index is 12.7. The minimum atomic E-state index is -4.64. The van der Waals surface area contributed by atoms with Crippen LogP contribution in [0.4, 0.5) is 0 Å². The predicted molar refractivity (Wildman–Crippen MR) is 235 cm³/mol. The highest BCUT2D eigenvalue weighted by molar-refractivity contribution is 7.45. The fraction of sp³-hybridized carbons (Fsp3) is 0.745. The molecule has 0 aromatic carbocycles. The van der Waals surface area contributed by atoms with Gasteiger partial charge in [0.1, 0.15) is 19.8 Å². The lowest BCUT2D eigenvalue weighted by Crippen LogP contribution is -2.37. The number of allylic oxidation sites excluding steroid dienone is 8. The van der Waals surface area contributed by atoms with Gasteiger partial charge in [0.05, 0.1) is 40.0 Å². The molecular weight excluding hydrogens is 753 g/mol. The van der Waals surface area contributed by atoms with E-state index < -0.39 is 32.5 Å². The summed E-state index contributed by atoms with van der Waals surface area (Å²) in [5.41, 5.74) is 0. The third kappa shape index (κ3) is 35.6. The fourth-order valence-electron chi connectivity index (χ4n) is 6.07. The molecule has 1 rings (SSSR count). The molecule has 0 N–H and O–H groups in total. The zero-order valence-electron chi connectivity index (χ0n) is 37.2. The predicted octanol–water partition coefficient (Wildman–Crippen LogP) is 11.2. The van der Waals surface area contributed by atoms with E-state index >= 15 is 0 Å². The van der Waals surface area contributed by atoms with Crippen LogP contribution < -0.4 is 4.89 Å². The lowest BCUT2D eigenvalue weighted by molar-refractivity contribution is -0.870. The Morgan fingerprint density at radius 2 is 1.14 bits per heavy atom. The van der Waals surface area contributed by atoms with Crippen LogP contribution in [-0.2, 0) is 37.4 Å². The van der Waals surface area contributed by atoms with Crippen molar-refractivity contribution in [2.75, 3.05) is 47.5 Å². The van der Waals surface area contributed by atoms with Crippen LogP contribution in [0.2, 0.25) is 0 Å². The summed E-state index contributed by atoms with van der Waals surface area (Å²) in [4.78, 5) is 37.5. The third-order valence-corrected chi connectivity index (χ3v) is 10.7. The van der Waals surface area contributed by atoms with Crippen molar-refractivity contribution in [3.05, 3.63) is 60.8 Å². The smallest absolute Gasteiger partial charge is 0.306 e. The number of epoxide rings is 1. The Morgan fingerprint density at radius 1 is 0.638 bits per heavy atom. The number of esters is 2. The summed E-state index contributed by atoms with van der Waals surface area (Å²) in [5.74, 6) is -0.937. The van der Waals surface area contributed by atoms with E-state index in [9.17, 15) is 19.0 Å². The fourth-order valence-corrected chi connectivity index (χ4v) is 6.80. The van der Waals surface area contributed by atoms with Crippen LogP contribution in [0.5, 0.6) is 0 Å². The van der Waals surface area contributed by atoms with Crippen molar-refractivity contribution < 1.29 is 46.8 Å². The molecule has 1 aliphatic heterocycles. The Bertz CT molecular complexity index is 1240. The quantitative estimate of drug-likeness (QED) is 0.0149. The largest absolute Gasteiger partial charge is 0.756 e. The maximum absolute atomic E-state index is 12.7. The first kappa shape index (κ1) is 53.7. The second kappa shape index (κ2) is 35.4. The average Bonchev–Trinajstić information content (AvgIpc) is 3.93. The molecule has 0 saturated carbocycles. The molecular formula is C47H82NO9P. The zero-order chi connectivity index (χ0) is 42.6. The first-order valence-corrected chi connectivity index (χ1v) is 24.1. The van der Waals surface area contributed by atoms with Crippen molar-refractivity contribution >= 4 is 19.8 Å². The first-order valence-electron chi connectivity index (χ1n) is 22.6. The number of carbonyl (C=O) groups is 2. The van der Waals surface area contributed by atoms with Gasteiger partial charge in [-0.2, -0.15) is 0 Å². The minimum Gasteiger partial charge on any atom is -0.756 e. The van der Waals surface area contributed by atoms with E-state index in [1.165, 1.54) is 64.2 Å². The highest BCUT2D eigenvalue weighted by Crippen LogP contribution is 2.38. The summed E-state index contributed by atoms with van der Waals surface area (Å²) in [5, 5.41) is 0. The summed E-state index contributed by atoms with van der Waals surface area (Å²) < 4.78 is 39.5. The molecule has 1 saturated heterocycles. The average molecular weight is 836 g/mol. The molecule has 11 heteroatoms. The number of phosphoric ester groups is 1. The van der Waals surface area contributed by atoms with Gasteiger partial charge >= 0.3 is 11.9 Å². The minimum absolute atomic E-state index is 0.0452. The first-order chi connectivity index (χ1) is 28.0. The second-order valence-electron chi connectivity index (χ2n) is 16.4. The van der Waals surface area contributed by atoms with Crippen LogP contribution in [0.3, 0.4) is 0 Å². The monoisotopic (exact) mass is 836 g/mol. The summed E-state index contributed by atoms with van der Waals surface area (Å²) in [6.07, 6.45) is 44.4. The van der Waals surface area contributed by atoms with Crippen molar-refractivity contribution in [3.8, 4) is 0 Å². The van der Waals surface area contributed by atoms with Gasteiger partial charge in [0.25, 0.3) is 7.82 Å². The zero-order valence-corrected chi connectivity index (χ0v) is 38.1. The van der Waals surface area contributed by atoms with E-state index in [0.29, 0.717) is 36.1 Å². The van der Waals surface area contributed by atoms with Gasteiger partial charge in [-0.15, -0.1) is 0 Å². The summed E-state index contributed by atoms with van der Waals surface area (Å²) in [7, 11) is 1.12. The van der Waals surface area contributed by atoms with Gasteiger partial charge in [0.15, 0.2) is 6.10 Å². The van der Waals surface area contributed by atoms with E-state index in [-0.39, 0.29) is 26.1 Å². The Kier molecular flexibility index (Phi) is 32.8. The van der Waals surface area contributed by atoms with E-state index in [2.05, 4.69) is 62.5 Å². The lowest BCUT2D eigenvalue weighted by Gasteiger charge is -2.28. The molecule has 0 amide bonds. The number of quaternary nitrogens is 1. The number of rotatable bonds is 39. The molecule has 0 bridgehead atoms. The summed E-state index contributed by atoms with van der Waals surface area (Å²) >= 11 is 0. The number of phosphoric acid groups is 1. The van der Waals surface area contributed by atoms with Crippen LogP contribution in [0, 0.1) is 0 Å². The Morgan fingerprint density at radius 3 is 1.67 bits per heavy atom. The standard InChI is InChI=1S/C47H82NO9P/c1-6-8-10-11-12-13-14-15-16-21-24-27-30-34-38-47(50)56-43(42-55-58(51,52)54-40-39-48(3,4)5)41-53-46(49)37-33-29-26-23-20-18-17-19-22-25-28-32-36-45-44(57-45)35-31-9-7-2/h9,18-20,22,26,28-29,31-32,43-45H,6-8,10-17,21,23-25,27,30,33-42H2,1-5H3/b20-18-,22-19-,29-26-,31-9-,32-28-/t43-,44?,45?/m1/s1. The van der Waals surface area contributed by atoms with Crippen LogP contribution in [0.1, 0.15) is 162 Å². The number of ether oxygens (including phenoxy) is 3. The number of unbranched alkanes of at least 4 members (excludes halogenated alkanes) is 13. The molecule has 4 atom stereocenters. The highest BCUT2D eigenvalue weighted by atomic mass is 31.2. The molecule has 58 heavy (non-hydrogen) atoms. The van der Waals surface area contributed by atoms with Crippen LogP contribution in [0.25, 0.3) is 0 Å². The van der Waals surface area contributed by atoms with Gasteiger partial charge in [-0.3, -0.25) is 14.2 Å². The third-order valence-electron chi connectivity index (χ3n) is 9.72. The summed E-state index contributed by atoms with van der Waals surface area (Å²) in [6, 6.07) is 0. The van der Waals surface area contributed by atoms with E-state index in [0.717, 1.165) is 57.8 Å². The molecule has 0 aromatic rings. The maximum Gasteiger partial charge on any atom is 0.306 e. The van der Waals surface area contributed by atoms with Gasteiger partial charge in [-0.05, 0) is 51.4 Å². The molecule has 0 aliphatic carbocycles. The molecule has 0 spiro atoms. The van der Waals surface area contributed by atoms with E-state index in [1.54, 1.807) is 0 Å². The Hall–Kier alpha value is -2.33. The van der Waals surface area contributed by atoms with Crippen molar-refractivity contribution in [2.45, 2.75) is 180 Å². The molecule has 0 aromatic heterocycles. The molecule has 1 aliphatic rings. The van der Waals surface area contributed by atoms with E-state index in [4.69, 9.17) is 23.3 Å². The second-order valence-corrected chi connectivity index (χ2v) is 17.8. The van der Waals surface area contributed by atoms with Crippen LogP contribution in [-0.4, -0.2) is 82.2 Å². The van der Waals surface area contributed by atoms with Crippen LogP contribution >= 0.6 is 7.82 Å². The van der Waals surface area contributed by atoms with E-state index in [1.807, 2.05) is 33.3 Å². The topological polar surface area (TPSA) is 124 Å². The van der Waals surface area contributed by atoms with Crippen molar-refractivity contribution in [2.24, 2.45) is 0 Å². The molecule has 334 valence electrons. The van der Waals surface area contributed by atoms with Crippen LogP contribution in [0.15, 0.2) is 60.8 Å². The number of hydrogen-bond acceptors (Lipinski definition) is 9. The van der Waals surface area contributed by atoms with Gasteiger partial charge in [-0.25, -0.2) is 0 Å². The van der Waals surface area contributed by atoms with Crippen molar-refractivity contribution in [1.29, 1.82) is 0 Å². The molecule has 1 fully saturated rings. The Balaban J connectivity index is 2.31. The van der Waals surface area contributed by atoms with Gasteiger partial charge in [0, 0.05) is 12.8 Å². The molecule has 1 heterocycles. The number of nitrogens with zero attached hydrogens (tertiary/aromatic N) is 1. The highest BCUT2D eigenvalue weighted by Gasteiger charge is 2.36. The normalized spacial score (nSPS) is 17.6. The Labute approximate surface area is 353 Å². The number of likely N-dealkylation sites (N-methyl/N-ethyl adjacent to an activating group) is 1. The SMILES string of the molecule is CC/C=C\CC1OC1C/C=C\C/C=C\C/C=C\C/C=C\CCC(=O)OC[C@H](COP(=O)([O-])OCC[N+](C)(C)C)OC(=O)CCCCCCCCCCCCCCCC. The lowest BCUT2D eigenvalue weighted by atomic mass is 10.0. The number of carbonyl (C=O) groups excluding carboxylic acids is 2. The van der Waals surface area contributed by atoms with Gasteiger partial charge in [0.2, 0.25) is 0 Å².